The SMILES string of the molecule is C=CCCCCC[C@H](C)NC(=O)c1ccno1. The third-order valence-electron chi connectivity index (χ3n) is 2.58. The van der Waals surface area contributed by atoms with E-state index in [1.54, 1.807) is 6.07 Å². The van der Waals surface area contributed by atoms with E-state index >= 15 is 0 Å². The molecule has 0 radical (unpaired) electrons. The minimum absolute atomic E-state index is 0.163. The summed E-state index contributed by atoms with van der Waals surface area (Å²) < 4.78 is 4.78. The van der Waals surface area contributed by atoms with E-state index < -0.39 is 0 Å². The number of allylic oxidation sites excluding steroid dienone is 1. The Bertz CT molecular complexity index is 333. The van der Waals surface area contributed by atoms with Crippen LogP contribution in [0.2, 0.25) is 0 Å². The maximum atomic E-state index is 11.6. The minimum Gasteiger partial charge on any atom is -0.351 e. The third kappa shape index (κ3) is 5.33. The smallest absolute Gasteiger partial charge is 0.290 e. The molecule has 0 fully saturated rings. The number of carbonyl (C=O) groups is 1. The van der Waals surface area contributed by atoms with E-state index in [9.17, 15) is 4.79 Å². The lowest BCUT2D eigenvalue weighted by Crippen LogP contribution is -2.32. The van der Waals surface area contributed by atoms with Crippen LogP contribution in [-0.2, 0) is 0 Å². The molecule has 1 atom stereocenters. The van der Waals surface area contributed by atoms with Gasteiger partial charge in [-0.3, -0.25) is 4.79 Å². The number of unbranched alkanes of at least 4 members (excludes halogenated alkanes) is 3. The molecule has 94 valence electrons. The fraction of sp³-hybridized carbons (Fsp3) is 0.538. The first-order valence-corrected chi connectivity index (χ1v) is 6.06. The number of aromatic nitrogens is 1. The van der Waals surface area contributed by atoms with Crippen LogP contribution in [0.25, 0.3) is 0 Å². The van der Waals surface area contributed by atoms with Gasteiger partial charge in [-0.1, -0.05) is 24.1 Å². The Morgan fingerprint density at radius 1 is 1.59 bits per heavy atom. The number of nitrogens with zero attached hydrogens (tertiary/aromatic N) is 1. The zero-order valence-electron chi connectivity index (χ0n) is 10.3. The average molecular weight is 236 g/mol. The summed E-state index contributed by atoms with van der Waals surface area (Å²) in [6.07, 6.45) is 8.92. The van der Waals surface area contributed by atoms with Gasteiger partial charge in [-0.25, -0.2) is 0 Å². The second kappa shape index (κ2) is 7.65. The van der Waals surface area contributed by atoms with Crippen molar-refractivity contribution in [2.24, 2.45) is 0 Å². The third-order valence-corrected chi connectivity index (χ3v) is 2.58. The first-order chi connectivity index (χ1) is 8.24. The first kappa shape index (κ1) is 13.5. The second-order valence-corrected chi connectivity index (χ2v) is 4.18. The number of amides is 1. The van der Waals surface area contributed by atoms with Gasteiger partial charge in [0.15, 0.2) is 0 Å². The first-order valence-electron chi connectivity index (χ1n) is 6.06. The molecule has 0 spiro atoms. The Labute approximate surface area is 102 Å². The van der Waals surface area contributed by atoms with Gasteiger partial charge in [0.1, 0.15) is 0 Å². The Morgan fingerprint density at radius 2 is 2.41 bits per heavy atom. The summed E-state index contributed by atoms with van der Waals surface area (Å²) in [7, 11) is 0. The van der Waals surface area contributed by atoms with Crippen molar-refractivity contribution in [3.05, 3.63) is 30.7 Å². The van der Waals surface area contributed by atoms with E-state index in [4.69, 9.17) is 4.52 Å². The van der Waals surface area contributed by atoms with Crippen molar-refractivity contribution < 1.29 is 9.32 Å². The molecular formula is C13H20N2O2. The molecule has 0 saturated heterocycles. The van der Waals surface area contributed by atoms with Crippen LogP contribution < -0.4 is 5.32 Å². The van der Waals surface area contributed by atoms with E-state index in [-0.39, 0.29) is 17.7 Å². The molecule has 1 aromatic rings. The van der Waals surface area contributed by atoms with Gasteiger partial charge >= 0.3 is 0 Å². The summed E-state index contributed by atoms with van der Waals surface area (Å²) in [5.74, 6) is 0.0737. The molecule has 0 aliphatic heterocycles. The van der Waals surface area contributed by atoms with Crippen LogP contribution in [-0.4, -0.2) is 17.1 Å². The molecule has 17 heavy (non-hydrogen) atoms. The summed E-state index contributed by atoms with van der Waals surface area (Å²) in [4.78, 5) is 11.6. The highest BCUT2D eigenvalue weighted by Gasteiger charge is 2.12. The molecular weight excluding hydrogens is 216 g/mol. The molecule has 0 saturated carbocycles. The van der Waals surface area contributed by atoms with Gasteiger partial charge in [-0.2, -0.15) is 0 Å². The van der Waals surface area contributed by atoms with Crippen molar-refractivity contribution in [1.82, 2.24) is 10.5 Å². The van der Waals surface area contributed by atoms with E-state index in [1.165, 1.54) is 19.0 Å². The molecule has 1 N–H and O–H groups in total. The van der Waals surface area contributed by atoms with E-state index in [1.807, 2.05) is 13.0 Å². The predicted molar refractivity (Wildman–Crippen MR) is 66.7 cm³/mol. The van der Waals surface area contributed by atoms with Crippen LogP contribution >= 0.6 is 0 Å². The number of hydrogen-bond acceptors (Lipinski definition) is 3. The lowest BCUT2D eigenvalue weighted by atomic mass is 10.1. The number of rotatable bonds is 8. The summed E-state index contributed by atoms with van der Waals surface area (Å²) in [6.45, 7) is 5.69. The van der Waals surface area contributed by atoms with Gasteiger partial charge in [0.05, 0.1) is 6.20 Å². The Hall–Kier alpha value is -1.58. The van der Waals surface area contributed by atoms with Gasteiger partial charge in [0, 0.05) is 12.1 Å². The summed E-state index contributed by atoms with van der Waals surface area (Å²) in [6, 6.07) is 1.72. The molecule has 0 unspecified atom stereocenters. The Balaban J connectivity index is 2.14. The van der Waals surface area contributed by atoms with Crippen LogP contribution in [0.5, 0.6) is 0 Å². The molecule has 0 aliphatic rings. The van der Waals surface area contributed by atoms with Crippen LogP contribution in [0.4, 0.5) is 0 Å². The van der Waals surface area contributed by atoms with Gasteiger partial charge < -0.3 is 9.84 Å². The molecule has 0 bridgehead atoms. The minimum atomic E-state index is -0.193. The maximum absolute atomic E-state index is 11.6. The zero-order chi connectivity index (χ0) is 12.5. The van der Waals surface area contributed by atoms with Crippen molar-refractivity contribution in [1.29, 1.82) is 0 Å². The summed E-state index contributed by atoms with van der Waals surface area (Å²) >= 11 is 0. The summed E-state index contributed by atoms with van der Waals surface area (Å²) in [5.41, 5.74) is 0. The zero-order valence-corrected chi connectivity index (χ0v) is 10.3. The van der Waals surface area contributed by atoms with Crippen LogP contribution in [0, 0.1) is 0 Å². The van der Waals surface area contributed by atoms with E-state index in [0.717, 1.165) is 19.3 Å². The van der Waals surface area contributed by atoms with Crippen LogP contribution in [0.3, 0.4) is 0 Å². The standard InChI is InChI=1S/C13H20N2O2/c1-3-4-5-6-7-8-11(2)15-13(16)12-9-10-14-17-12/h3,9-11H,1,4-8H2,2H3,(H,15,16)/t11-/m0/s1. The van der Waals surface area contributed by atoms with Gasteiger partial charge in [-0.15, -0.1) is 6.58 Å². The van der Waals surface area contributed by atoms with E-state index in [0.29, 0.717) is 0 Å². The lowest BCUT2D eigenvalue weighted by molar-refractivity contribution is 0.0900. The topological polar surface area (TPSA) is 55.1 Å². The Kier molecular flexibility index (Phi) is 6.07. The second-order valence-electron chi connectivity index (χ2n) is 4.18. The molecule has 1 heterocycles. The maximum Gasteiger partial charge on any atom is 0.290 e. The summed E-state index contributed by atoms with van der Waals surface area (Å²) in [5, 5.41) is 6.38. The largest absolute Gasteiger partial charge is 0.351 e. The number of nitrogens with one attached hydrogen (secondary N) is 1. The van der Waals surface area contributed by atoms with Crippen molar-refractivity contribution >= 4 is 5.91 Å². The molecule has 1 aromatic heterocycles. The number of carbonyl (C=O) groups excluding carboxylic acids is 1. The molecule has 0 aromatic carbocycles. The van der Waals surface area contributed by atoms with Gasteiger partial charge in [0.2, 0.25) is 5.76 Å². The van der Waals surface area contributed by atoms with E-state index in [2.05, 4.69) is 17.1 Å². The monoisotopic (exact) mass is 236 g/mol. The van der Waals surface area contributed by atoms with Crippen molar-refractivity contribution in [2.45, 2.75) is 45.1 Å². The van der Waals surface area contributed by atoms with Crippen molar-refractivity contribution in [3.8, 4) is 0 Å². The molecule has 4 nitrogen and oxygen atoms in total. The fourth-order valence-electron chi connectivity index (χ4n) is 1.62. The Morgan fingerprint density at radius 3 is 3.06 bits per heavy atom. The van der Waals surface area contributed by atoms with Crippen molar-refractivity contribution in [3.63, 3.8) is 0 Å². The molecule has 1 amide bonds. The van der Waals surface area contributed by atoms with Crippen LogP contribution in [0.15, 0.2) is 29.4 Å². The molecule has 0 aliphatic carbocycles. The molecule has 4 heteroatoms. The highest BCUT2D eigenvalue weighted by atomic mass is 16.5. The fourth-order valence-corrected chi connectivity index (χ4v) is 1.62. The van der Waals surface area contributed by atoms with Crippen molar-refractivity contribution in [2.75, 3.05) is 0 Å². The quantitative estimate of drug-likeness (QED) is 0.557. The highest BCUT2D eigenvalue weighted by molar-refractivity contribution is 5.91. The molecule has 1 rings (SSSR count). The lowest BCUT2D eigenvalue weighted by Gasteiger charge is -2.12. The normalized spacial score (nSPS) is 12.1. The predicted octanol–water partition coefficient (Wildman–Crippen LogP) is 2.93. The average Bonchev–Trinajstić information content (AvgIpc) is 2.82. The number of hydrogen-bond donors (Lipinski definition) is 1. The highest BCUT2D eigenvalue weighted by Crippen LogP contribution is 2.06. The van der Waals surface area contributed by atoms with Gasteiger partial charge in [0.25, 0.3) is 5.91 Å². The van der Waals surface area contributed by atoms with Gasteiger partial charge in [-0.05, 0) is 26.2 Å². The van der Waals surface area contributed by atoms with Crippen LogP contribution in [0.1, 0.15) is 49.6 Å².